The first-order chi connectivity index (χ1) is 16.6. The minimum absolute atomic E-state index is 0.0275. The molecule has 5 fully saturated rings. The van der Waals surface area contributed by atoms with Crippen LogP contribution in [-0.4, -0.2) is 45.2 Å². The molecule has 0 bridgehead atoms. The van der Waals surface area contributed by atoms with Gasteiger partial charge >= 0.3 is 5.97 Å². The predicted molar refractivity (Wildman–Crippen MR) is 140 cm³/mol. The zero-order chi connectivity index (χ0) is 26.5. The highest BCUT2D eigenvalue weighted by Crippen LogP contribution is 2.77. The lowest BCUT2D eigenvalue weighted by Gasteiger charge is -2.61. The van der Waals surface area contributed by atoms with Gasteiger partial charge in [-0.1, -0.05) is 27.7 Å². The second-order valence-corrected chi connectivity index (χ2v) is 14.9. The standard InChI is InChI=1S/C31H52O5/c1-18(19(2)27(4,5)34)26(35-20(3)32)30(8)31(36-30)16-13-25-23-10-9-21-17-22(33)11-14-28(21,6)24(23)12-15-29(25,31)7/h18-19,21-26,33-34H,9-17H2,1-8H3/t18-,19-,21-,22+,23+,24-,25-,26+,28-,29-,30-,31+/m0/s1. The summed E-state index contributed by atoms with van der Waals surface area (Å²) in [6, 6.07) is 0. The number of carbonyl (C=O) groups is 1. The number of ether oxygens (including phenoxy) is 2. The number of aliphatic hydroxyl groups is 2. The number of carbonyl (C=O) groups excluding carboxylic acids is 1. The molecule has 0 unspecified atom stereocenters. The lowest BCUT2D eigenvalue weighted by Crippen LogP contribution is -2.57. The molecule has 1 heterocycles. The average molecular weight is 505 g/mol. The summed E-state index contributed by atoms with van der Waals surface area (Å²) in [4.78, 5) is 12.3. The van der Waals surface area contributed by atoms with E-state index in [0.717, 1.165) is 31.1 Å². The van der Waals surface area contributed by atoms with Gasteiger partial charge in [-0.15, -0.1) is 0 Å². The van der Waals surface area contributed by atoms with E-state index in [0.29, 0.717) is 17.3 Å². The van der Waals surface area contributed by atoms with Crippen LogP contribution in [0.15, 0.2) is 0 Å². The van der Waals surface area contributed by atoms with E-state index in [9.17, 15) is 15.0 Å². The van der Waals surface area contributed by atoms with E-state index >= 15 is 0 Å². The molecule has 206 valence electrons. The molecule has 36 heavy (non-hydrogen) atoms. The molecule has 4 aliphatic carbocycles. The quantitative estimate of drug-likeness (QED) is 0.360. The van der Waals surface area contributed by atoms with Crippen LogP contribution in [0, 0.1) is 46.3 Å². The van der Waals surface area contributed by atoms with Crippen molar-refractivity contribution in [3.8, 4) is 0 Å². The summed E-state index contributed by atoms with van der Waals surface area (Å²) in [6.45, 7) is 16.6. The third-order valence-electron chi connectivity index (χ3n) is 13.1. The number of esters is 1. The van der Waals surface area contributed by atoms with Crippen molar-refractivity contribution >= 4 is 5.97 Å². The Morgan fingerprint density at radius 1 is 1.00 bits per heavy atom. The van der Waals surface area contributed by atoms with Crippen molar-refractivity contribution in [2.24, 2.45) is 46.3 Å². The molecule has 5 heteroatoms. The Kier molecular flexibility index (Phi) is 6.30. The van der Waals surface area contributed by atoms with Crippen LogP contribution in [0.3, 0.4) is 0 Å². The Hall–Kier alpha value is -0.650. The molecule has 1 spiro atoms. The molecule has 5 nitrogen and oxygen atoms in total. The van der Waals surface area contributed by atoms with Crippen molar-refractivity contribution in [3.63, 3.8) is 0 Å². The summed E-state index contributed by atoms with van der Waals surface area (Å²) in [5, 5.41) is 21.2. The number of hydrogen-bond donors (Lipinski definition) is 2. The van der Waals surface area contributed by atoms with Crippen molar-refractivity contribution in [1.82, 2.24) is 0 Å². The molecular weight excluding hydrogens is 452 g/mol. The Balaban J connectivity index is 1.42. The number of rotatable bonds is 5. The second-order valence-electron chi connectivity index (χ2n) is 14.9. The van der Waals surface area contributed by atoms with Gasteiger partial charge in [-0.2, -0.15) is 0 Å². The van der Waals surface area contributed by atoms with Crippen LogP contribution < -0.4 is 0 Å². The van der Waals surface area contributed by atoms with E-state index in [1.165, 1.54) is 45.4 Å². The van der Waals surface area contributed by atoms with E-state index in [-0.39, 0.29) is 41.0 Å². The van der Waals surface area contributed by atoms with Crippen molar-refractivity contribution in [1.29, 1.82) is 0 Å². The van der Waals surface area contributed by atoms with Gasteiger partial charge in [0.2, 0.25) is 0 Å². The van der Waals surface area contributed by atoms with Gasteiger partial charge in [-0.25, -0.2) is 0 Å². The Morgan fingerprint density at radius 2 is 1.67 bits per heavy atom. The highest BCUT2D eigenvalue weighted by atomic mass is 16.7. The third kappa shape index (κ3) is 3.61. The summed E-state index contributed by atoms with van der Waals surface area (Å²) in [6.07, 6.45) is 9.83. The molecule has 12 atom stereocenters. The van der Waals surface area contributed by atoms with Crippen molar-refractivity contribution in [2.75, 3.05) is 0 Å². The topological polar surface area (TPSA) is 79.3 Å². The SMILES string of the molecule is CC(=O)O[C@H]([C@@H](C)[C@H](C)C(C)(C)O)[C@]1(C)O[C@@]12CC[C@H]1[C@@H]3CC[C@H]4C[C@H](O)CC[C@]4(C)[C@H]3CC[C@@]12C. The first kappa shape index (κ1) is 26.9. The van der Waals surface area contributed by atoms with Crippen molar-refractivity contribution in [2.45, 2.75) is 142 Å². The maximum atomic E-state index is 12.3. The molecule has 2 N–H and O–H groups in total. The molecular formula is C31H52O5. The summed E-state index contributed by atoms with van der Waals surface area (Å²) in [5.41, 5.74) is -1.20. The first-order valence-corrected chi connectivity index (χ1v) is 14.9. The first-order valence-electron chi connectivity index (χ1n) is 14.9. The molecule has 1 aliphatic heterocycles. The largest absolute Gasteiger partial charge is 0.459 e. The zero-order valence-electron chi connectivity index (χ0n) is 24.1. The summed E-state index contributed by atoms with van der Waals surface area (Å²) >= 11 is 0. The normalized spacial score (nSPS) is 50.4. The highest BCUT2D eigenvalue weighted by Gasteiger charge is 2.83. The third-order valence-corrected chi connectivity index (χ3v) is 13.1. The fraction of sp³-hybridized carbons (Fsp3) is 0.968. The molecule has 0 radical (unpaired) electrons. The molecule has 1 saturated heterocycles. The van der Waals surface area contributed by atoms with Crippen LogP contribution in [0.4, 0.5) is 0 Å². The predicted octanol–water partition coefficient (Wildman–Crippen LogP) is 5.89. The number of hydrogen-bond acceptors (Lipinski definition) is 5. The maximum absolute atomic E-state index is 12.3. The van der Waals surface area contributed by atoms with E-state index < -0.39 is 11.2 Å². The summed E-state index contributed by atoms with van der Waals surface area (Å²) < 4.78 is 13.0. The Labute approximate surface area is 219 Å². The molecule has 0 aromatic heterocycles. The smallest absolute Gasteiger partial charge is 0.303 e. The zero-order valence-corrected chi connectivity index (χ0v) is 24.1. The van der Waals surface area contributed by atoms with Gasteiger partial charge in [0.25, 0.3) is 0 Å². The van der Waals surface area contributed by atoms with Gasteiger partial charge in [0.15, 0.2) is 0 Å². The lowest BCUT2D eigenvalue weighted by atomic mass is 9.44. The van der Waals surface area contributed by atoms with Gasteiger partial charge in [-0.3, -0.25) is 4.79 Å². The summed E-state index contributed by atoms with van der Waals surface area (Å²) in [7, 11) is 0. The van der Waals surface area contributed by atoms with Crippen LogP contribution in [0.25, 0.3) is 0 Å². The van der Waals surface area contributed by atoms with Gasteiger partial charge in [0.05, 0.1) is 11.7 Å². The van der Waals surface area contributed by atoms with Gasteiger partial charge in [0, 0.05) is 18.3 Å². The van der Waals surface area contributed by atoms with E-state index in [1.54, 1.807) is 0 Å². The van der Waals surface area contributed by atoms with Gasteiger partial charge in [0.1, 0.15) is 17.3 Å². The Morgan fingerprint density at radius 3 is 2.31 bits per heavy atom. The average Bonchev–Trinajstić information content (AvgIpc) is 3.30. The van der Waals surface area contributed by atoms with Crippen LogP contribution in [-0.2, 0) is 14.3 Å². The van der Waals surface area contributed by atoms with Crippen LogP contribution in [0.1, 0.15) is 113 Å². The van der Waals surface area contributed by atoms with Crippen LogP contribution in [0.5, 0.6) is 0 Å². The van der Waals surface area contributed by atoms with Gasteiger partial charge in [-0.05, 0) is 114 Å². The maximum Gasteiger partial charge on any atom is 0.303 e. The fourth-order valence-electron chi connectivity index (χ4n) is 10.6. The number of fused-ring (bicyclic) bond motifs is 6. The lowest BCUT2D eigenvalue weighted by molar-refractivity contribution is -0.157. The van der Waals surface area contributed by atoms with Crippen LogP contribution in [0.2, 0.25) is 0 Å². The minimum Gasteiger partial charge on any atom is -0.459 e. The fourth-order valence-corrected chi connectivity index (χ4v) is 10.6. The van der Waals surface area contributed by atoms with E-state index in [2.05, 4.69) is 34.6 Å². The molecule has 0 amide bonds. The van der Waals surface area contributed by atoms with E-state index in [4.69, 9.17) is 9.47 Å². The van der Waals surface area contributed by atoms with E-state index in [1.807, 2.05) is 13.8 Å². The summed E-state index contributed by atoms with van der Waals surface area (Å²) in [5.74, 6) is 2.45. The highest BCUT2D eigenvalue weighted by molar-refractivity contribution is 5.66. The molecule has 5 aliphatic rings. The van der Waals surface area contributed by atoms with Crippen LogP contribution >= 0.6 is 0 Å². The number of aliphatic hydroxyl groups excluding tert-OH is 1. The second kappa shape index (κ2) is 8.42. The molecule has 0 aromatic rings. The minimum atomic E-state index is -0.863. The molecule has 4 saturated carbocycles. The monoisotopic (exact) mass is 504 g/mol. The van der Waals surface area contributed by atoms with Crippen molar-refractivity contribution in [3.05, 3.63) is 0 Å². The molecule has 5 rings (SSSR count). The Bertz CT molecular complexity index is 881. The van der Waals surface area contributed by atoms with Gasteiger partial charge < -0.3 is 19.7 Å². The van der Waals surface area contributed by atoms with Crippen molar-refractivity contribution < 1.29 is 24.5 Å². The number of epoxide rings is 1. The molecule has 0 aromatic carbocycles.